The summed E-state index contributed by atoms with van der Waals surface area (Å²) in [6.45, 7) is 4.21. The molecular weight excluding hydrogens is 384 g/mol. The van der Waals surface area contributed by atoms with Crippen molar-refractivity contribution in [2.75, 3.05) is 46.4 Å². The zero-order chi connectivity index (χ0) is 20.9. The molecule has 0 bridgehead atoms. The third-order valence-corrected chi connectivity index (χ3v) is 5.28. The largest absolute Gasteiger partial charge is 0.492 e. The highest BCUT2D eigenvalue weighted by atomic mass is 16.5. The van der Waals surface area contributed by atoms with Gasteiger partial charge in [-0.05, 0) is 30.3 Å². The number of benzene rings is 2. The minimum Gasteiger partial charge on any atom is -0.492 e. The Kier molecular flexibility index (Phi) is 5.94. The Morgan fingerprint density at radius 3 is 2.50 bits per heavy atom. The van der Waals surface area contributed by atoms with Crippen LogP contribution in [0.4, 0.5) is 0 Å². The lowest BCUT2D eigenvalue weighted by Crippen LogP contribution is -2.49. The van der Waals surface area contributed by atoms with E-state index in [4.69, 9.17) is 4.74 Å². The number of carbonyl (C=O) groups excluding carboxylic acids is 2. The molecule has 1 fully saturated rings. The number of rotatable bonds is 6. The fourth-order valence-corrected chi connectivity index (χ4v) is 3.55. The van der Waals surface area contributed by atoms with E-state index in [-0.39, 0.29) is 11.9 Å². The van der Waals surface area contributed by atoms with Gasteiger partial charge in [-0.1, -0.05) is 18.2 Å². The number of nitrogens with zero attached hydrogens (tertiary/aromatic N) is 3. The summed E-state index contributed by atoms with van der Waals surface area (Å²) in [5.74, 6) is 0.313. The smallest absolute Gasteiger partial charge is 0.337 e. The van der Waals surface area contributed by atoms with E-state index in [9.17, 15) is 9.59 Å². The van der Waals surface area contributed by atoms with Crippen molar-refractivity contribution in [3.63, 3.8) is 0 Å². The summed E-state index contributed by atoms with van der Waals surface area (Å²) in [4.78, 5) is 28.4. The summed E-state index contributed by atoms with van der Waals surface area (Å²) < 4.78 is 10.5. The Balaban J connectivity index is 1.24. The summed E-state index contributed by atoms with van der Waals surface area (Å²) >= 11 is 0. The molecule has 1 saturated heterocycles. The molecule has 1 aliphatic heterocycles. The van der Waals surface area contributed by atoms with Crippen molar-refractivity contribution in [1.29, 1.82) is 0 Å². The molecule has 0 unspecified atom stereocenters. The quantitative estimate of drug-likeness (QED) is 0.629. The van der Waals surface area contributed by atoms with Gasteiger partial charge in [-0.2, -0.15) is 5.10 Å². The number of hydrogen-bond acceptors (Lipinski definition) is 6. The highest BCUT2D eigenvalue weighted by molar-refractivity contribution is 6.04. The molecule has 1 N–H and O–H groups in total. The zero-order valence-electron chi connectivity index (χ0n) is 16.8. The van der Waals surface area contributed by atoms with Crippen LogP contribution < -0.4 is 4.74 Å². The molecule has 4 rings (SSSR count). The molecule has 2 aromatic carbocycles. The maximum atomic E-state index is 12.8. The normalized spacial score (nSPS) is 14.6. The molecule has 0 radical (unpaired) electrons. The van der Waals surface area contributed by atoms with Gasteiger partial charge in [-0.15, -0.1) is 0 Å². The Labute approximate surface area is 174 Å². The third-order valence-electron chi connectivity index (χ3n) is 5.28. The third kappa shape index (κ3) is 4.28. The van der Waals surface area contributed by atoms with E-state index in [1.807, 2.05) is 29.2 Å². The predicted molar refractivity (Wildman–Crippen MR) is 112 cm³/mol. The first-order chi connectivity index (χ1) is 14.7. The van der Waals surface area contributed by atoms with Crippen LogP contribution in [0, 0.1) is 0 Å². The van der Waals surface area contributed by atoms with Crippen molar-refractivity contribution in [2.45, 2.75) is 0 Å². The number of nitrogens with one attached hydrogen (secondary N) is 1. The Morgan fingerprint density at radius 2 is 1.77 bits per heavy atom. The molecule has 8 heteroatoms. The van der Waals surface area contributed by atoms with Gasteiger partial charge in [0, 0.05) is 38.1 Å². The Bertz CT molecular complexity index is 1020. The number of H-pyrrole nitrogens is 1. The maximum Gasteiger partial charge on any atom is 0.337 e. The summed E-state index contributed by atoms with van der Waals surface area (Å²) in [6.07, 6.45) is 0. The number of esters is 1. The van der Waals surface area contributed by atoms with Gasteiger partial charge >= 0.3 is 5.97 Å². The van der Waals surface area contributed by atoms with Gasteiger partial charge in [0.15, 0.2) is 5.69 Å². The molecule has 3 aromatic rings. The topological polar surface area (TPSA) is 87.8 Å². The molecule has 0 spiro atoms. The zero-order valence-corrected chi connectivity index (χ0v) is 16.8. The van der Waals surface area contributed by atoms with Crippen LogP contribution in [0.3, 0.4) is 0 Å². The van der Waals surface area contributed by atoms with Crippen LogP contribution >= 0.6 is 0 Å². The molecule has 0 aliphatic carbocycles. The number of hydrogen-bond donors (Lipinski definition) is 1. The number of methoxy groups -OCH3 is 1. The van der Waals surface area contributed by atoms with Gasteiger partial charge in [0.2, 0.25) is 0 Å². The maximum absolute atomic E-state index is 12.8. The second kappa shape index (κ2) is 8.96. The molecular formula is C22H24N4O4. The average Bonchev–Trinajstić information content (AvgIpc) is 3.23. The lowest BCUT2D eigenvalue weighted by Gasteiger charge is -2.34. The number of fused-ring (bicyclic) bond motifs is 1. The first kappa shape index (κ1) is 19.9. The number of para-hydroxylation sites is 1. The van der Waals surface area contributed by atoms with Crippen LogP contribution in [0.15, 0.2) is 48.5 Å². The van der Waals surface area contributed by atoms with E-state index in [1.54, 1.807) is 24.3 Å². The first-order valence-electron chi connectivity index (χ1n) is 9.91. The van der Waals surface area contributed by atoms with Crippen molar-refractivity contribution >= 4 is 22.8 Å². The minimum absolute atomic E-state index is 0.0333. The van der Waals surface area contributed by atoms with Crippen molar-refractivity contribution < 1.29 is 19.1 Å². The van der Waals surface area contributed by atoms with Crippen LogP contribution in [0.1, 0.15) is 20.8 Å². The number of ether oxygens (including phenoxy) is 2. The summed E-state index contributed by atoms with van der Waals surface area (Å²) in [5, 5.41) is 8.00. The van der Waals surface area contributed by atoms with E-state index < -0.39 is 0 Å². The molecule has 156 valence electrons. The van der Waals surface area contributed by atoms with Gasteiger partial charge in [0.1, 0.15) is 12.4 Å². The Morgan fingerprint density at radius 1 is 1.03 bits per heavy atom. The molecule has 1 aliphatic rings. The molecule has 1 amide bonds. The van der Waals surface area contributed by atoms with E-state index in [2.05, 4.69) is 19.8 Å². The molecule has 1 aromatic heterocycles. The fourth-order valence-electron chi connectivity index (χ4n) is 3.55. The van der Waals surface area contributed by atoms with Crippen molar-refractivity contribution in [2.24, 2.45) is 0 Å². The highest BCUT2D eigenvalue weighted by Crippen LogP contribution is 2.18. The molecule has 0 saturated carbocycles. The molecule has 8 nitrogen and oxygen atoms in total. The second-order valence-electron chi connectivity index (χ2n) is 7.12. The number of amides is 1. The van der Waals surface area contributed by atoms with Gasteiger partial charge in [0.25, 0.3) is 5.91 Å². The number of carbonyl (C=O) groups is 2. The predicted octanol–water partition coefficient (Wildman–Crippen LogP) is 2.19. The van der Waals surface area contributed by atoms with Crippen LogP contribution in [-0.4, -0.2) is 78.3 Å². The Hall–Kier alpha value is -3.39. The monoisotopic (exact) mass is 408 g/mol. The number of aromatic amines is 1. The van der Waals surface area contributed by atoms with E-state index in [0.29, 0.717) is 36.7 Å². The SMILES string of the molecule is COC(=O)c1ccc(OCCN2CCN(C(=O)c3n[nH]c4ccccc34)CC2)cc1. The van der Waals surface area contributed by atoms with E-state index >= 15 is 0 Å². The molecule has 0 atom stereocenters. The van der Waals surface area contributed by atoms with Crippen molar-refractivity contribution in [3.05, 3.63) is 59.8 Å². The van der Waals surface area contributed by atoms with Crippen LogP contribution in [0.5, 0.6) is 5.75 Å². The average molecular weight is 408 g/mol. The van der Waals surface area contributed by atoms with Crippen molar-refractivity contribution in [3.8, 4) is 5.75 Å². The fraction of sp³-hybridized carbons (Fsp3) is 0.318. The number of piperazine rings is 1. The minimum atomic E-state index is -0.364. The highest BCUT2D eigenvalue weighted by Gasteiger charge is 2.25. The lowest BCUT2D eigenvalue weighted by molar-refractivity contribution is 0.0598. The van der Waals surface area contributed by atoms with Crippen molar-refractivity contribution in [1.82, 2.24) is 20.0 Å². The van der Waals surface area contributed by atoms with E-state index in [0.717, 1.165) is 30.5 Å². The molecule has 30 heavy (non-hydrogen) atoms. The van der Waals surface area contributed by atoms with Gasteiger partial charge < -0.3 is 14.4 Å². The summed E-state index contributed by atoms with van der Waals surface area (Å²) in [6, 6.07) is 14.6. The number of aromatic nitrogens is 2. The van der Waals surface area contributed by atoms with Crippen LogP contribution in [0.25, 0.3) is 10.9 Å². The first-order valence-corrected chi connectivity index (χ1v) is 9.91. The van der Waals surface area contributed by atoms with Crippen LogP contribution in [-0.2, 0) is 4.74 Å². The molecule has 2 heterocycles. The van der Waals surface area contributed by atoms with Gasteiger partial charge in [0.05, 0.1) is 18.2 Å². The van der Waals surface area contributed by atoms with Gasteiger partial charge in [-0.25, -0.2) is 4.79 Å². The van der Waals surface area contributed by atoms with Crippen LogP contribution in [0.2, 0.25) is 0 Å². The lowest BCUT2D eigenvalue weighted by atomic mass is 10.2. The summed E-state index contributed by atoms with van der Waals surface area (Å²) in [7, 11) is 1.36. The van der Waals surface area contributed by atoms with E-state index in [1.165, 1.54) is 7.11 Å². The second-order valence-corrected chi connectivity index (χ2v) is 7.12. The standard InChI is InChI=1S/C22H24N4O4/c1-29-22(28)16-6-8-17(9-7-16)30-15-14-25-10-12-26(13-11-25)21(27)20-18-4-2-3-5-19(18)23-24-20/h2-9H,10-15H2,1H3,(H,23,24). The summed E-state index contributed by atoms with van der Waals surface area (Å²) in [5.41, 5.74) is 1.85. The van der Waals surface area contributed by atoms with Gasteiger partial charge in [-0.3, -0.25) is 14.8 Å².